The summed E-state index contributed by atoms with van der Waals surface area (Å²) < 4.78 is 18.0. The summed E-state index contributed by atoms with van der Waals surface area (Å²) >= 11 is 0. The van der Waals surface area contributed by atoms with Crippen LogP contribution in [-0.2, 0) is 4.74 Å². The van der Waals surface area contributed by atoms with E-state index in [0.717, 1.165) is 12.1 Å². The molecule has 0 heterocycles. The molecule has 2 aromatic rings. The van der Waals surface area contributed by atoms with Crippen molar-refractivity contribution in [1.82, 2.24) is 0 Å². The Labute approximate surface area is 136 Å². The minimum Gasteiger partial charge on any atom is -0.454 e. The third kappa shape index (κ3) is 3.92. The number of nitrogens with one attached hydrogen (secondary N) is 1. The van der Waals surface area contributed by atoms with Crippen LogP contribution in [0.4, 0.5) is 15.8 Å². The van der Waals surface area contributed by atoms with Crippen molar-refractivity contribution in [3.05, 3.63) is 69.5 Å². The molecule has 24 heavy (non-hydrogen) atoms. The molecule has 0 atom stereocenters. The summed E-state index contributed by atoms with van der Waals surface area (Å²) in [7, 11) is 1.54. The maximum atomic E-state index is 13.1. The first-order valence-corrected chi connectivity index (χ1v) is 6.84. The van der Waals surface area contributed by atoms with Gasteiger partial charge in [-0.1, -0.05) is 12.1 Å². The number of esters is 1. The average Bonchev–Trinajstić information content (AvgIpc) is 2.58. The van der Waals surface area contributed by atoms with Crippen molar-refractivity contribution in [2.45, 2.75) is 0 Å². The number of nitro groups is 1. The number of nitrogens with zero attached hydrogens (tertiary/aromatic N) is 1. The topological polar surface area (TPSA) is 98.5 Å². The van der Waals surface area contributed by atoms with Crippen molar-refractivity contribution in [3.63, 3.8) is 0 Å². The molecular weight excluding hydrogens is 319 g/mol. The van der Waals surface area contributed by atoms with Crippen LogP contribution in [-0.4, -0.2) is 30.3 Å². The lowest BCUT2D eigenvalue weighted by Crippen LogP contribution is -2.15. The van der Waals surface area contributed by atoms with E-state index < -0.39 is 29.1 Å². The second-order valence-electron chi connectivity index (χ2n) is 4.75. The molecule has 0 saturated carbocycles. The van der Waals surface area contributed by atoms with E-state index in [2.05, 4.69) is 5.32 Å². The number of benzene rings is 2. The van der Waals surface area contributed by atoms with Crippen LogP contribution in [0.25, 0.3) is 0 Å². The monoisotopic (exact) mass is 332 g/mol. The van der Waals surface area contributed by atoms with Gasteiger partial charge in [0, 0.05) is 30.4 Å². The number of carbonyl (C=O) groups excluding carboxylic acids is 2. The van der Waals surface area contributed by atoms with Crippen LogP contribution < -0.4 is 5.32 Å². The second-order valence-corrected chi connectivity index (χ2v) is 4.75. The van der Waals surface area contributed by atoms with E-state index in [0.29, 0.717) is 5.69 Å². The average molecular weight is 332 g/mol. The minimum atomic E-state index is -0.896. The van der Waals surface area contributed by atoms with E-state index in [1.54, 1.807) is 0 Å². The van der Waals surface area contributed by atoms with Crippen LogP contribution >= 0.6 is 0 Å². The van der Waals surface area contributed by atoms with E-state index >= 15 is 0 Å². The summed E-state index contributed by atoms with van der Waals surface area (Å²) in [5.74, 6) is -2.06. The molecule has 0 spiro atoms. The molecule has 0 bridgehead atoms. The first-order chi connectivity index (χ1) is 11.4. The first-order valence-electron chi connectivity index (χ1n) is 6.84. The van der Waals surface area contributed by atoms with Crippen LogP contribution in [0.3, 0.4) is 0 Å². The largest absolute Gasteiger partial charge is 0.454 e. The maximum absolute atomic E-state index is 13.1. The minimum absolute atomic E-state index is 0.0654. The molecule has 0 amide bonds. The van der Waals surface area contributed by atoms with Crippen molar-refractivity contribution < 1.29 is 23.6 Å². The van der Waals surface area contributed by atoms with Gasteiger partial charge < -0.3 is 10.1 Å². The molecule has 7 nitrogen and oxygen atoms in total. The molecule has 124 valence electrons. The predicted octanol–water partition coefficient (Wildman–Crippen LogP) is 2.82. The Morgan fingerprint density at radius 1 is 1.25 bits per heavy atom. The van der Waals surface area contributed by atoms with Crippen molar-refractivity contribution in [3.8, 4) is 0 Å². The van der Waals surface area contributed by atoms with Gasteiger partial charge in [0.25, 0.3) is 5.69 Å². The number of halogens is 1. The van der Waals surface area contributed by atoms with Crippen molar-refractivity contribution >= 4 is 23.1 Å². The molecule has 0 fully saturated rings. The zero-order valence-corrected chi connectivity index (χ0v) is 12.6. The third-order valence-corrected chi connectivity index (χ3v) is 3.18. The molecule has 2 rings (SSSR count). The Hall–Kier alpha value is -3.29. The number of non-ortho nitro benzene ring substituents is 1. The molecule has 0 saturated heterocycles. The fourth-order valence-corrected chi connectivity index (χ4v) is 1.99. The summed E-state index contributed by atoms with van der Waals surface area (Å²) in [6, 6.07) is 8.63. The normalized spacial score (nSPS) is 10.1. The van der Waals surface area contributed by atoms with Gasteiger partial charge in [0.05, 0.1) is 10.5 Å². The smallest absolute Gasteiger partial charge is 0.340 e. The highest BCUT2D eigenvalue weighted by atomic mass is 19.1. The zero-order valence-electron chi connectivity index (χ0n) is 12.6. The lowest BCUT2D eigenvalue weighted by molar-refractivity contribution is -0.384. The number of rotatable bonds is 6. The van der Waals surface area contributed by atoms with Gasteiger partial charge in [-0.3, -0.25) is 14.9 Å². The summed E-state index contributed by atoms with van der Waals surface area (Å²) in [6.07, 6.45) is 0. The first kappa shape index (κ1) is 17.1. The Kier molecular flexibility index (Phi) is 5.20. The van der Waals surface area contributed by atoms with Crippen LogP contribution in [0.2, 0.25) is 0 Å². The number of Topliss-reactive ketones (excluding diaryl/α,β-unsaturated/α-hetero) is 1. The Balaban J connectivity index is 2.13. The number of ether oxygens (including phenoxy) is 1. The van der Waals surface area contributed by atoms with Crippen molar-refractivity contribution in [2.24, 2.45) is 0 Å². The highest BCUT2D eigenvalue weighted by Gasteiger charge is 2.19. The molecule has 1 N–H and O–H groups in total. The van der Waals surface area contributed by atoms with Crippen LogP contribution in [0.5, 0.6) is 0 Å². The van der Waals surface area contributed by atoms with Crippen LogP contribution in [0, 0.1) is 15.9 Å². The summed E-state index contributed by atoms with van der Waals surface area (Å²) in [4.78, 5) is 34.1. The Morgan fingerprint density at radius 2 is 2.00 bits per heavy atom. The number of hydrogen-bond acceptors (Lipinski definition) is 6. The fraction of sp³-hybridized carbons (Fsp3) is 0.125. The molecule has 0 aliphatic carbocycles. The standard InChI is InChI=1S/C16H13FN2O5/c1-18-14-6-5-12(19(22)23)8-13(14)16(21)24-9-15(20)10-3-2-4-11(17)7-10/h2-8,18H,9H2,1H3. The van der Waals surface area contributed by atoms with Gasteiger partial charge in [-0.05, 0) is 18.2 Å². The zero-order chi connectivity index (χ0) is 17.7. The fourth-order valence-electron chi connectivity index (χ4n) is 1.99. The van der Waals surface area contributed by atoms with Gasteiger partial charge in [0.2, 0.25) is 0 Å². The second kappa shape index (κ2) is 7.32. The molecular formula is C16H13FN2O5. The van der Waals surface area contributed by atoms with Crippen LogP contribution in [0.1, 0.15) is 20.7 Å². The molecule has 0 radical (unpaired) electrons. The molecule has 0 aliphatic heterocycles. The number of hydrogen-bond donors (Lipinski definition) is 1. The van der Waals surface area contributed by atoms with Gasteiger partial charge in [0.15, 0.2) is 12.4 Å². The Morgan fingerprint density at radius 3 is 2.62 bits per heavy atom. The molecule has 0 unspecified atom stereocenters. The number of ketones is 1. The van der Waals surface area contributed by atoms with Gasteiger partial charge in [0.1, 0.15) is 5.82 Å². The summed E-state index contributed by atoms with van der Waals surface area (Å²) in [5, 5.41) is 13.5. The quantitative estimate of drug-likeness (QED) is 0.378. The van der Waals surface area contributed by atoms with Gasteiger partial charge >= 0.3 is 5.97 Å². The lowest BCUT2D eigenvalue weighted by Gasteiger charge is -2.09. The van der Waals surface area contributed by atoms with Crippen LogP contribution in [0.15, 0.2) is 42.5 Å². The third-order valence-electron chi connectivity index (χ3n) is 3.18. The van der Waals surface area contributed by atoms with E-state index in [-0.39, 0.29) is 16.8 Å². The number of anilines is 1. The number of carbonyl (C=O) groups is 2. The van der Waals surface area contributed by atoms with Gasteiger partial charge in [-0.15, -0.1) is 0 Å². The van der Waals surface area contributed by atoms with E-state index in [9.17, 15) is 24.1 Å². The molecule has 0 aliphatic rings. The molecule has 8 heteroatoms. The van der Waals surface area contributed by atoms with Crippen molar-refractivity contribution in [2.75, 3.05) is 19.0 Å². The summed E-state index contributed by atoms with van der Waals surface area (Å²) in [6.45, 7) is -0.603. The number of nitro benzene ring substituents is 1. The van der Waals surface area contributed by atoms with E-state index in [4.69, 9.17) is 4.74 Å². The predicted molar refractivity (Wildman–Crippen MR) is 83.7 cm³/mol. The Bertz CT molecular complexity index is 807. The summed E-state index contributed by atoms with van der Waals surface area (Å²) in [5.41, 5.74) is 0.0376. The molecule has 2 aromatic carbocycles. The van der Waals surface area contributed by atoms with Gasteiger partial charge in [-0.25, -0.2) is 9.18 Å². The highest BCUT2D eigenvalue weighted by molar-refractivity contribution is 6.01. The molecule has 0 aromatic heterocycles. The SMILES string of the molecule is CNc1ccc([N+](=O)[O-])cc1C(=O)OCC(=O)c1cccc(F)c1. The van der Waals surface area contributed by atoms with E-state index in [1.807, 2.05) is 0 Å². The lowest BCUT2D eigenvalue weighted by atomic mass is 10.1. The van der Waals surface area contributed by atoms with Gasteiger partial charge in [-0.2, -0.15) is 0 Å². The highest BCUT2D eigenvalue weighted by Crippen LogP contribution is 2.22. The maximum Gasteiger partial charge on any atom is 0.340 e. The van der Waals surface area contributed by atoms with Crippen molar-refractivity contribution in [1.29, 1.82) is 0 Å². The van der Waals surface area contributed by atoms with E-state index in [1.165, 1.54) is 37.4 Å².